The van der Waals surface area contributed by atoms with Crippen molar-refractivity contribution in [2.75, 3.05) is 0 Å². The van der Waals surface area contributed by atoms with Crippen LogP contribution >= 0.6 is 27.5 Å². The van der Waals surface area contributed by atoms with Crippen LogP contribution in [-0.2, 0) is 0 Å². The number of imidazole rings is 1. The lowest BCUT2D eigenvalue weighted by atomic mass is 10.2. The van der Waals surface area contributed by atoms with Crippen molar-refractivity contribution in [3.05, 3.63) is 69.5 Å². The Morgan fingerprint density at radius 2 is 1.74 bits per heavy atom. The van der Waals surface area contributed by atoms with Crippen LogP contribution in [0.1, 0.15) is 20.8 Å². The monoisotopic (exact) mass is 392 g/mol. The number of hydrogen-bond acceptors (Lipinski definition) is 3. The van der Waals surface area contributed by atoms with Gasteiger partial charge in [0.25, 0.3) is 11.8 Å². The third-order valence-corrected chi connectivity index (χ3v) is 3.89. The number of hydrazine groups is 1. The molecule has 23 heavy (non-hydrogen) atoms. The van der Waals surface area contributed by atoms with Gasteiger partial charge in [-0.3, -0.25) is 24.8 Å². The molecule has 3 aromatic rings. The van der Waals surface area contributed by atoms with E-state index in [-0.39, 0.29) is 10.8 Å². The number of hydrogen-bond donors (Lipinski definition) is 2. The van der Waals surface area contributed by atoms with E-state index >= 15 is 0 Å². The maximum absolute atomic E-state index is 12.3. The van der Waals surface area contributed by atoms with E-state index in [1.54, 1.807) is 53.1 Å². The molecule has 3 rings (SSSR count). The fraction of sp³-hybridized carbons (Fsp3) is 0. The van der Waals surface area contributed by atoms with Crippen molar-refractivity contribution in [1.29, 1.82) is 0 Å². The summed E-state index contributed by atoms with van der Waals surface area (Å²) in [7, 11) is 0. The Hall–Kier alpha value is -2.38. The van der Waals surface area contributed by atoms with Gasteiger partial charge in [-0.1, -0.05) is 33.6 Å². The number of halogens is 2. The molecule has 0 aliphatic heterocycles. The fourth-order valence-corrected chi connectivity index (χ4v) is 2.54. The summed E-state index contributed by atoms with van der Waals surface area (Å²) in [6, 6.07) is 12.0. The first-order valence-corrected chi connectivity index (χ1v) is 7.72. The van der Waals surface area contributed by atoms with Crippen LogP contribution < -0.4 is 10.9 Å². The number of amides is 2. The SMILES string of the molecule is O=C(NNC(=O)c1c(Cl)nc2ccccn12)c1ccc(Br)cc1. The third-order valence-electron chi connectivity index (χ3n) is 3.10. The number of carbonyl (C=O) groups is 2. The summed E-state index contributed by atoms with van der Waals surface area (Å²) in [6.45, 7) is 0. The van der Waals surface area contributed by atoms with Gasteiger partial charge in [-0.15, -0.1) is 0 Å². The first kappa shape index (κ1) is 15.5. The molecule has 0 spiro atoms. The molecule has 0 aliphatic rings. The summed E-state index contributed by atoms with van der Waals surface area (Å²) >= 11 is 9.29. The predicted molar refractivity (Wildman–Crippen MR) is 89.3 cm³/mol. The highest BCUT2D eigenvalue weighted by molar-refractivity contribution is 9.10. The lowest BCUT2D eigenvalue weighted by molar-refractivity contribution is 0.0843. The van der Waals surface area contributed by atoms with E-state index in [1.165, 1.54) is 0 Å². The molecule has 0 saturated carbocycles. The van der Waals surface area contributed by atoms with Gasteiger partial charge < -0.3 is 0 Å². The maximum atomic E-state index is 12.3. The van der Waals surface area contributed by atoms with Crippen LogP contribution in [0.15, 0.2) is 53.1 Å². The van der Waals surface area contributed by atoms with Crippen molar-refractivity contribution in [3.8, 4) is 0 Å². The van der Waals surface area contributed by atoms with Crippen molar-refractivity contribution in [2.45, 2.75) is 0 Å². The van der Waals surface area contributed by atoms with Gasteiger partial charge in [0.1, 0.15) is 5.65 Å². The van der Waals surface area contributed by atoms with Crippen molar-refractivity contribution in [2.24, 2.45) is 0 Å². The van der Waals surface area contributed by atoms with Crippen LogP contribution in [0, 0.1) is 0 Å². The molecule has 0 atom stereocenters. The molecular weight excluding hydrogens is 384 g/mol. The highest BCUT2D eigenvalue weighted by atomic mass is 79.9. The second kappa shape index (κ2) is 6.39. The van der Waals surface area contributed by atoms with Crippen LogP contribution in [0.25, 0.3) is 5.65 Å². The molecule has 116 valence electrons. The standard InChI is InChI=1S/C15H10BrClN4O2/c16-10-6-4-9(5-7-10)14(22)19-20-15(23)12-13(17)18-11-3-1-2-8-21(11)12/h1-8H,(H,19,22)(H,20,23). The smallest absolute Gasteiger partial charge is 0.289 e. The molecule has 0 bridgehead atoms. The van der Waals surface area contributed by atoms with E-state index < -0.39 is 11.8 Å². The molecule has 6 nitrogen and oxygen atoms in total. The van der Waals surface area contributed by atoms with Crippen LogP contribution in [0.2, 0.25) is 5.15 Å². The van der Waals surface area contributed by atoms with Gasteiger partial charge >= 0.3 is 0 Å². The van der Waals surface area contributed by atoms with E-state index in [9.17, 15) is 9.59 Å². The van der Waals surface area contributed by atoms with Crippen molar-refractivity contribution in [1.82, 2.24) is 20.2 Å². The van der Waals surface area contributed by atoms with E-state index in [2.05, 4.69) is 31.8 Å². The summed E-state index contributed by atoms with van der Waals surface area (Å²) in [5.41, 5.74) is 5.79. The molecule has 2 N–H and O–H groups in total. The normalized spacial score (nSPS) is 10.5. The zero-order valence-corrected chi connectivity index (χ0v) is 13.9. The molecule has 0 radical (unpaired) electrons. The number of nitrogens with one attached hydrogen (secondary N) is 2. The molecule has 0 aliphatic carbocycles. The molecule has 0 saturated heterocycles. The Bertz CT molecular complexity index is 892. The van der Waals surface area contributed by atoms with Gasteiger partial charge in [0.05, 0.1) is 0 Å². The highest BCUT2D eigenvalue weighted by Crippen LogP contribution is 2.17. The summed E-state index contributed by atoms with van der Waals surface area (Å²) in [5.74, 6) is -0.991. The minimum absolute atomic E-state index is 0.0617. The minimum Gasteiger partial charge on any atom is -0.294 e. The average Bonchev–Trinajstić information content (AvgIpc) is 2.88. The summed E-state index contributed by atoms with van der Waals surface area (Å²) in [5, 5.41) is 0.0617. The van der Waals surface area contributed by atoms with Crippen LogP contribution in [0.4, 0.5) is 0 Å². The number of benzene rings is 1. The van der Waals surface area contributed by atoms with Gasteiger partial charge in [0.15, 0.2) is 10.8 Å². The first-order chi connectivity index (χ1) is 11.1. The van der Waals surface area contributed by atoms with Gasteiger partial charge in [-0.05, 0) is 36.4 Å². The molecule has 8 heteroatoms. The number of nitrogens with zero attached hydrogens (tertiary/aromatic N) is 2. The molecule has 2 aromatic heterocycles. The van der Waals surface area contributed by atoms with E-state index in [0.29, 0.717) is 11.2 Å². The zero-order chi connectivity index (χ0) is 16.4. The Morgan fingerprint density at radius 1 is 1.04 bits per heavy atom. The van der Waals surface area contributed by atoms with Crippen LogP contribution in [-0.4, -0.2) is 21.2 Å². The molecule has 2 heterocycles. The van der Waals surface area contributed by atoms with E-state index in [4.69, 9.17) is 11.6 Å². The fourth-order valence-electron chi connectivity index (χ4n) is 2.02. The molecule has 1 aromatic carbocycles. The Kier molecular flexibility index (Phi) is 4.31. The topological polar surface area (TPSA) is 75.5 Å². The van der Waals surface area contributed by atoms with Crippen LogP contribution in [0.3, 0.4) is 0 Å². The number of pyridine rings is 1. The lowest BCUT2D eigenvalue weighted by Gasteiger charge is -2.07. The molecular formula is C15H10BrClN4O2. The minimum atomic E-state index is -0.556. The lowest BCUT2D eigenvalue weighted by Crippen LogP contribution is -2.42. The number of rotatable bonds is 2. The quantitative estimate of drug-likeness (QED) is 0.657. The van der Waals surface area contributed by atoms with Crippen molar-refractivity contribution in [3.63, 3.8) is 0 Å². The Morgan fingerprint density at radius 3 is 2.48 bits per heavy atom. The molecule has 0 fully saturated rings. The Labute approximate surface area is 144 Å². The van der Waals surface area contributed by atoms with Gasteiger partial charge in [0.2, 0.25) is 0 Å². The van der Waals surface area contributed by atoms with Crippen LogP contribution in [0.5, 0.6) is 0 Å². The number of carbonyl (C=O) groups excluding carboxylic acids is 2. The predicted octanol–water partition coefficient (Wildman–Crippen LogP) is 2.83. The molecule has 2 amide bonds. The second-order valence-electron chi connectivity index (χ2n) is 4.60. The summed E-state index contributed by atoms with van der Waals surface area (Å²) in [4.78, 5) is 28.3. The number of aromatic nitrogens is 2. The molecule has 0 unspecified atom stereocenters. The largest absolute Gasteiger partial charge is 0.294 e. The first-order valence-electron chi connectivity index (χ1n) is 6.55. The van der Waals surface area contributed by atoms with Gasteiger partial charge in [-0.25, -0.2) is 4.98 Å². The maximum Gasteiger partial charge on any atom is 0.289 e. The van der Waals surface area contributed by atoms with Gasteiger partial charge in [0, 0.05) is 16.2 Å². The zero-order valence-electron chi connectivity index (χ0n) is 11.6. The van der Waals surface area contributed by atoms with Gasteiger partial charge in [-0.2, -0.15) is 0 Å². The third kappa shape index (κ3) is 3.20. The van der Waals surface area contributed by atoms with Crippen molar-refractivity contribution >= 4 is 45.0 Å². The second-order valence-corrected chi connectivity index (χ2v) is 5.87. The summed E-state index contributed by atoms with van der Waals surface area (Å²) < 4.78 is 2.40. The highest BCUT2D eigenvalue weighted by Gasteiger charge is 2.18. The Balaban J connectivity index is 1.75. The summed E-state index contributed by atoms with van der Waals surface area (Å²) in [6.07, 6.45) is 1.67. The number of fused-ring (bicyclic) bond motifs is 1. The van der Waals surface area contributed by atoms with E-state index in [1.807, 2.05) is 0 Å². The van der Waals surface area contributed by atoms with Crippen molar-refractivity contribution < 1.29 is 9.59 Å². The van der Waals surface area contributed by atoms with E-state index in [0.717, 1.165) is 4.47 Å². The average molecular weight is 394 g/mol.